The Morgan fingerprint density at radius 3 is 2.55 bits per heavy atom. The van der Waals surface area contributed by atoms with Gasteiger partial charge in [-0.15, -0.1) is 0 Å². The Labute approximate surface area is 193 Å². The Morgan fingerprint density at radius 2 is 1.87 bits per heavy atom. The third kappa shape index (κ3) is 5.15. The first kappa shape index (κ1) is 22.6. The molecule has 9 heteroatoms. The van der Waals surface area contributed by atoms with Crippen LogP contribution in [0.5, 0.6) is 5.75 Å². The molecule has 0 spiro atoms. The van der Waals surface area contributed by atoms with Gasteiger partial charge in [-0.25, -0.2) is 5.43 Å². The zero-order valence-corrected chi connectivity index (χ0v) is 19.4. The number of amides is 2. The van der Waals surface area contributed by atoms with Crippen LogP contribution in [-0.2, 0) is 9.59 Å². The molecule has 31 heavy (non-hydrogen) atoms. The highest BCUT2D eigenvalue weighted by atomic mass is 79.9. The monoisotopic (exact) mass is 502 g/mol. The molecule has 3 aromatic rings. The van der Waals surface area contributed by atoms with E-state index in [2.05, 4.69) is 31.8 Å². The number of halogens is 2. The Hall–Kier alpha value is -3.10. The number of hydrazone groups is 1. The van der Waals surface area contributed by atoms with Crippen molar-refractivity contribution in [3.8, 4) is 11.4 Å². The van der Waals surface area contributed by atoms with Gasteiger partial charge < -0.3 is 14.6 Å². The van der Waals surface area contributed by atoms with E-state index in [1.54, 1.807) is 37.4 Å². The normalized spacial score (nSPS) is 10.9. The van der Waals surface area contributed by atoms with Crippen molar-refractivity contribution in [2.24, 2.45) is 5.10 Å². The molecule has 1 aromatic heterocycles. The molecule has 0 aliphatic carbocycles. The summed E-state index contributed by atoms with van der Waals surface area (Å²) in [6.07, 6.45) is 1.49. The lowest BCUT2D eigenvalue weighted by atomic mass is 10.2. The summed E-state index contributed by atoms with van der Waals surface area (Å²) in [5.41, 5.74) is 6.26. The number of nitrogens with zero attached hydrogens (tertiary/aromatic N) is 2. The number of aryl methyl sites for hydroxylation is 1. The van der Waals surface area contributed by atoms with Crippen LogP contribution in [0.15, 0.2) is 58.1 Å². The highest BCUT2D eigenvalue weighted by Gasteiger charge is 2.15. The predicted octanol–water partition coefficient (Wildman–Crippen LogP) is 4.61. The van der Waals surface area contributed by atoms with Crippen molar-refractivity contribution in [1.29, 1.82) is 0 Å². The average Bonchev–Trinajstić information content (AvgIpc) is 3.02. The summed E-state index contributed by atoms with van der Waals surface area (Å²) in [5, 5.41) is 6.95. The molecule has 0 unspecified atom stereocenters. The molecule has 2 aromatic carbocycles. The smallest absolute Gasteiger partial charge is 0.329 e. The Kier molecular flexibility index (Phi) is 7.14. The van der Waals surface area contributed by atoms with Crippen molar-refractivity contribution in [2.75, 3.05) is 12.4 Å². The van der Waals surface area contributed by atoms with Crippen LogP contribution >= 0.6 is 27.5 Å². The fourth-order valence-electron chi connectivity index (χ4n) is 3.06. The summed E-state index contributed by atoms with van der Waals surface area (Å²) in [6.45, 7) is 3.88. The standard InChI is InChI=1S/C22H20BrClN4O3/c1-13-10-15(14(2)28(13)16-8-9-20(31-3)18(24)11-16)12-25-27-22(30)21(29)26-19-7-5-4-6-17(19)23/h4-12H,1-3H3,(H,26,29)(H,27,30)/b25-12-. The van der Waals surface area contributed by atoms with E-state index in [9.17, 15) is 9.59 Å². The van der Waals surface area contributed by atoms with Gasteiger partial charge in [0.2, 0.25) is 0 Å². The van der Waals surface area contributed by atoms with Crippen LogP contribution < -0.4 is 15.5 Å². The molecule has 0 aliphatic rings. The number of nitrogens with one attached hydrogen (secondary N) is 2. The van der Waals surface area contributed by atoms with Gasteiger partial charge in [0.15, 0.2) is 0 Å². The second-order valence-corrected chi connectivity index (χ2v) is 7.88. The van der Waals surface area contributed by atoms with Crippen molar-refractivity contribution in [3.05, 3.63) is 75.0 Å². The molecule has 7 nitrogen and oxygen atoms in total. The largest absolute Gasteiger partial charge is 0.495 e. The lowest BCUT2D eigenvalue weighted by Gasteiger charge is -2.11. The molecule has 0 bridgehead atoms. The van der Waals surface area contributed by atoms with Gasteiger partial charge in [0.1, 0.15) is 5.75 Å². The molecule has 0 radical (unpaired) electrons. The minimum Gasteiger partial charge on any atom is -0.495 e. The van der Waals surface area contributed by atoms with Crippen molar-refractivity contribution in [3.63, 3.8) is 0 Å². The van der Waals surface area contributed by atoms with Crippen molar-refractivity contribution in [2.45, 2.75) is 13.8 Å². The lowest BCUT2D eigenvalue weighted by Crippen LogP contribution is -2.32. The van der Waals surface area contributed by atoms with E-state index >= 15 is 0 Å². The molecule has 0 saturated carbocycles. The summed E-state index contributed by atoms with van der Waals surface area (Å²) < 4.78 is 7.88. The first-order chi connectivity index (χ1) is 14.8. The van der Waals surface area contributed by atoms with E-state index in [0.29, 0.717) is 20.9 Å². The summed E-state index contributed by atoms with van der Waals surface area (Å²) in [5.74, 6) is -1.09. The SMILES string of the molecule is COc1ccc(-n2c(C)cc(/C=N\NC(=O)C(=O)Nc3ccccc3Br)c2C)cc1Cl. The Morgan fingerprint density at radius 1 is 1.13 bits per heavy atom. The number of hydrogen-bond acceptors (Lipinski definition) is 4. The lowest BCUT2D eigenvalue weighted by molar-refractivity contribution is -0.136. The van der Waals surface area contributed by atoms with Crippen LogP contribution in [-0.4, -0.2) is 29.7 Å². The maximum absolute atomic E-state index is 12.1. The van der Waals surface area contributed by atoms with Gasteiger partial charge in [0, 0.05) is 27.1 Å². The first-order valence-corrected chi connectivity index (χ1v) is 10.4. The molecule has 0 saturated heterocycles. The number of ether oxygens (including phenoxy) is 1. The quantitative estimate of drug-likeness (QED) is 0.303. The molecular weight excluding hydrogens is 484 g/mol. The summed E-state index contributed by atoms with van der Waals surface area (Å²) in [6, 6.07) is 14.4. The molecular formula is C22H20BrClN4O3. The van der Waals surface area contributed by atoms with E-state index in [-0.39, 0.29) is 0 Å². The number of anilines is 1. The third-order valence-electron chi connectivity index (χ3n) is 4.56. The number of carbonyl (C=O) groups excluding carboxylic acids is 2. The number of benzene rings is 2. The third-order valence-corrected chi connectivity index (χ3v) is 5.55. The second-order valence-electron chi connectivity index (χ2n) is 6.61. The molecule has 3 rings (SSSR count). The van der Waals surface area contributed by atoms with Gasteiger partial charge in [-0.1, -0.05) is 23.7 Å². The summed E-state index contributed by atoms with van der Waals surface area (Å²) in [7, 11) is 1.56. The van der Waals surface area contributed by atoms with Crippen molar-refractivity contribution < 1.29 is 14.3 Å². The fourth-order valence-corrected chi connectivity index (χ4v) is 3.70. The van der Waals surface area contributed by atoms with E-state index in [1.807, 2.05) is 36.6 Å². The van der Waals surface area contributed by atoms with Gasteiger partial charge in [0.05, 0.1) is 24.0 Å². The predicted molar refractivity (Wildman–Crippen MR) is 125 cm³/mol. The fraction of sp³-hybridized carbons (Fsp3) is 0.136. The van der Waals surface area contributed by atoms with Gasteiger partial charge in [-0.05, 0) is 66.2 Å². The maximum atomic E-state index is 12.1. The Bertz CT molecular complexity index is 1170. The highest BCUT2D eigenvalue weighted by Crippen LogP contribution is 2.29. The number of rotatable bonds is 5. The van der Waals surface area contributed by atoms with Crippen LogP contribution in [0, 0.1) is 13.8 Å². The Balaban J connectivity index is 1.71. The van der Waals surface area contributed by atoms with E-state index < -0.39 is 11.8 Å². The first-order valence-electron chi connectivity index (χ1n) is 9.23. The topological polar surface area (TPSA) is 84.7 Å². The molecule has 2 N–H and O–H groups in total. The number of para-hydroxylation sites is 1. The van der Waals surface area contributed by atoms with Gasteiger partial charge in [-0.3, -0.25) is 9.59 Å². The van der Waals surface area contributed by atoms with E-state index in [0.717, 1.165) is 22.6 Å². The minimum absolute atomic E-state index is 0.494. The number of methoxy groups -OCH3 is 1. The van der Waals surface area contributed by atoms with Crippen molar-refractivity contribution >= 4 is 51.2 Å². The maximum Gasteiger partial charge on any atom is 0.329 e. The van der Waals surface area contributed by atoms with Crippen LogP contribution in [0.4, 0.5) is 5.69 Å². The average molecular weight is 504 g/mol. The van der Waals surface area contributed by atoms with E-state index in [1.165, 1.54) is 6.21 Å². The number of hydrogen-bond donors (Lipinski definition) is 2. The minimum atomic E-state index is -0.872. The molecule has 0 atom stereocenters. The van der Waals surface area contributed by atoms with Crippen LogP contribution in [0.1, 0.15) is 17.0 Å². The molecule has 0 aliphatic heterocycles. The molecule has 1 heterocycles. The zero-order valence-electron chi connectivity index (χ0n) is 17.1. The van der Waals surface area contributed by atoms with Gasteiger partial charge in [0.25, 0.3) is 0 Å². The summed E-state index contributed by atoms with van der Waals surface area (Å²) in [4.78, 5) is 24.1. The molecule has 160 valence electrons. The van der Waals surface area contributed by atoms with Crippen LogP contribution in [0.25, 0.3) is 5.69 Å². The van der Waals surface area contributed by atoms with Gasteiger partial charge >= 0.3 is 11.8 Å². The van der Waals surface area contributed by atoms with Crippen molar-refractivity contribution in [1.82, 2.24) is 9.99 Å². The van der Waals surface area contributed by atoms with E-state index in [4.69, 9.17) is 16.3 Å². The number of carbonyl (C=O) groups is 2. The molecule has 0 fully saturated rings. The molecule has 2 amide bonds. The number of aromatic nitrogens is 1. The van der Waals surface area contributed by atoms with Gasteiger partial charge in [-0.2, -0.15) is 5.10 Å². The highest BCUT2D eigenvalue weighted by molar-refractivity contribution is 9.10. The summed E-state index contributed by atoms with van der Waals surface area (Å²) >= 11 is 9.57. The van der Waals surface area contributed by atoms with Crippen LogP contribution in [0.3, 0.4) is 0 Å². The second kappa shape index (κ2) is 9.80. The zero-order chi connectivity index (χ0) is 22.5. The van der Waals surface area contributed by atoms with Crippen LogP contribution in [0.2, 0.25) is 5.02 Å².